The number of aromatic hydroxyl groups is 1. The highest BCUT2D eigenvalue weighted by molar-refractivity contribution is 6.07. The van der Waals surface area contributed by atoms with Crippen molar-refractivity contribution in [2.75, 3.05) is 19.7 Å². The van der Waals surface area contributed by atoms with E-state index in [4.69, 9.17) is 9.47 Å². The van der Waals surface area contributed by atoms with Crippen molar-refractivity contribution in [1.29, 1.82) is 0 Å². The van der Waals surface area contributed by atoms with Crippen molar-refractivity contribution < 1.29 is 34.1 Å². The Labute approximate surface area is 196 Å². The molecule has 9 heteroatoms. The quantitative estimate of drug-likeness (QED) is 0.422. The number of amides is 1. The van der Waals surface area contributed by atoms with Crippen LogP contribution in [0.25, 0.3) is 0 Å². The Morgan fingerprint density at radius 2 is 2.06 bits per heavy atom. The lowest BCUT2D eigenvalue weighted by Gasteiger charge is -2.63. The lowest BCUT2D eigenvalue weighted by Crippen LogP contribution is -2.78. The fourth-order valence-corrected chi connectivity index (χ4v) is 7.42. The fraction of sp³-hybridized carbons (Fsp3) is 0.640. The first-order valence-corrected chi connectivity index (χ1v) is 12.3. The molecule has 0 radical (unpaired) electrons. The molecule has 1 aromatic carbocycles. The molecule has 3 heterocycles. The van der Waals surface area contributed by atoms with E-state index in [9.17, 15) is 24.6 Å². The zero-order valence-corrected chi connectivity index (χ0v) is 18.8. The monoisotopic (exact) mass is 468 g/mol. The number of hydrogen-bond donors (Lipinski definition) is 3. The number of phenols is 1. The second-order valence-electron chi connectivity index (χ2n) is 10.9. The number of phenolic OH excluding ortho intramolecular Hbond substituents is 1. The first kappa shape index (κ1) is 20.7. The molecule has 3 N–H and O–H groups in total. The number of benzene rings is 1. The van der Waals surface area contributed by atoms with Crippen LogP contribution >= 0.6 is 0 Å². The molecule has 3 aliphatic heterocycles. The number of ketones is 1. The molecule has 3 aliphatic carbocycles. The second-order valence-corrected chi connectivity index (χ2v) is 10.9. The molecule has 6 atom stereocenters. The summed E-state index contributed by atoms with van der Waals surface area (Å²) in [5, 5.41) is 25.8. The Bertz CT molecular complexity index is 1130. The Morgan fingerprint density at radius 3 is 2.79 bits per heavy atom. The first-order valence-electron chi connectivity index (χ1n) is 12.3. The number of esters is 1. The Kier molecular flexibility index (Phi) is 4.09. The van der Waals surface area contributed by atoms with E-state index < -0.39 is 46.7 Å². The van der Waals surface area contributed by atoms with Gasteiger partial charge < -0.3 is 25.0 Å². The van der Waals surface area contributed by atoms with E-state index in [1.54, 1.807) is 6.07 Å². The van der Waals surface area contributed by atoms with Crippen molar-refractivity contribution in [1.82, 2.24) is 10.2 Å². The summed E-state index contributed by atoms with van der Waals surface area (Å²) in [6.45, 7) is 1.86. The van der Waals surface area contributed by atoms with E-state index in [2.05, 4.69) is 10.2 Å². The Morgan fingerprint density at radius 1 is 1.24 bits per heavy atom. The lowest BCUT2D eigenvalue weighted by atomic mass is 9.47. The third-order valence-electron chi connectivity index (χ3n) is 9.20. The van der Waals surface area contributed by atoms with Crippen LogP contribution in [0.2, 0.25) is 0 Å². The number of carbonyl (C=O) groups is 3. The summed E-state index contributed by atoms with van der Waals surface area (Å²) in [6, 6.07) is 2.44. The molecule has 180 valence electrons. The van der Waals surface area contributed by atoms with Gasteiger partial charge in [-0.05, 0) is 56.2 Å². The van der Waals surface area contributed by atoms with Crippen molar-refractivity contribution in [2.24, 2.45) is 11.8 Å². The molecule has 7 rings (SSSR count). The Balaban J connectivity index is 1.32. The molecule has 2 saturated heterocycles. The first-order chi connectivity index (χ1) is 16.3. The lowest BCUT2D eigenvalue weighted by molar-refractivity contribution is -0.198. The van der Waals surface area contributed by atoms with Crippen LogP contribution < -0.4 is 10.1 Å². The molecule has 1 spiro atoms. The Hall–Kier alpha value is -2.65. The molecule has 1 amide bonds. The van der Waals surface area contributed by atoms with E-state index in [-0.39, 0.29) is 30.6 Å². The number of Topliss-reactive ketones (excluding diaryl/α,β-unsaturated/α-hetero) is 1. The summed E-state index contributed by atoms with van der Waals surface area (Å²) < 4.78 is 11.1. The van der Waals surface area contributed by atoms with Crippen LogP contribution in [-0.4, -0.2) is 76.3 Å². The van der Waals surface area contributed by atoms with Crippen molar-refractivity contribution >= 4 is 17.7 Å². The fourth-order valence-electron chi connectivity index (χ4n) is 7.42. The number of hydrogen-bond acceptors (Lipinski definition) is 8. The zero-order valence-electron chi connectivity index (χ0n) is 18.8. The molecule has 1 unspecified atom stereocenters. The maximum atomic E-state index is 13.8. The summed E-state index contributed by atoms with van der Waals surface area (Å²) in [5.41, 5.74) is -0.619. The summed E-state index contributed by atoms with van der Waals surface area (Å²) >= 11 is 0. The van der Waals surface area contributed by atoms with Gasteiger partial charge in [0.05, 0.1) is 17.6 Å². The molecule has 0 aromatic heterocycles. The normalized spacial score (nSPS) is 39.9. The summed E-state index contributed by atoms with van der Waals surface area (Å²) in [7, 11) is 0. The van der Waals surface area contributed by atoms with Gasteiger partial charge in [-0.15, -0.1) is 0 Å². The highest BCUT2D eigenvalue weighted by atomic mass is 16.5. The van der Waals surface area contributed by atoms with Crippen LogP contribution in [0, 0.1) is 11.8 Å². The SMILES string of the molecule is O=C(N[C@H]1CCOC1=O)C1C[C@@]2(O)[C@H]3Cc4ccc(O)c5c4[C@@]2(CCN3CC2CC2)[C@@H](O5)C1=O. The molecule has 9 nitrogen and oxygen atoms in total. The maximum absolute atomic E-state index is 13.8. The minimum atomic E-state index is -1.37. The van der Waals surface area contributed by atoms with E-state index in [1.165, 1.54) is 12.8 Å². The molecule has 2 saturated carbocycles. The molecular weight excluding hydrogens is 440 g/mol. The van der Waals surface area contributed by atoms with Crippen LogP contribution in [0.3, 0.4) is 0 Å². The topological polar surface area (TPSA) is 125 Å². The number of nitrogens with one attached hydrogen (secondary N) is 1. The van der Waals surface area contributed by atoms with Gasteiger partial charge in [-0.1, -0.05) is 6.07 Å². The van der Waals surface area contributed by atoms with Crippen molar-refractivity contribution in [3.63, 3.8) is 0 Å². The predicted octanol–water partition coefficient (Wildman–Crippen LogP) is 0.183. The third kappa shape index (κ3) is 2.49. The van der Waals surface area contributed by atoms with Gasteiger partial charge in [0.1, 0.15) is 12.0 Å². The van der Waals surface area contributed by atoms with Gasteiger partial charge in [-0.25, -0.2) is 4.79 Å². The second kappa shape index (κ2) is 6.73. The maximum Gasteiger partial charge on any atom is 0.328 e. The summed E-state index contributed by atoms with van der Waals surface area (Å²) in [4.78, 5) is 41.3. The van der Waals surface area contributed by atoms with Gasteiger partial charge in [0.25, 0.3) is 0 Å². The summed E-state index contributed by atoms with van der Waals surface area (Å²) in [5.74, 6) is -1.77. The average Bonchev–Trinajstić information content (AvgIpc) is 3.42. The molecular formula is C25H28N2O7. The van der Waals surface area contributed by atoms with Crippen molar-refractivity contribution in [3.05, 3.63) is 23.3 Å². The molecule has 2 bridgehead atoms. The van der Waals surface area contributed by atoms with Gasteiger partial charge >= 0.3 is 5.97 Å². The van der Waals surface area contributed by atoms with Gasteiger partial charge in [0.2, 0.25) is 5.91 Å². The van der Waals surface area contributed by atoms with Crippen LogP contribution in [-0.2, 0) is 31.0 Å². The largest absolute Gasteiger partial charge is 0.504 e. The van der Waals surface area contributed by atoms with E-state index in [1.807, 2.05) is 6.07 Å². The molecule has 4 fully saturated rings. The van der Waals surface area contributed by atoms with Gasteiger partial charge in [-0.3, -0.25) is 14.5 Å². The van der Waals surface area contributed by atoms with Crippen LogP contribution in [0.15, 0.2) is 12.1 Å². The number of aliphatic hydroxyl groups is 1. The van der Waals surface area contributed by atoms with Gasteiger partial charge in [0, 0.05) is 24.6 Å². The molecule has 6 aliphatic rings. The zero-order chi connectivity index (χ0) is 23.4. The number of ether oxygens (including phenoxy) is 2. The number of piperidine rings is 1. The van der Waals surface area contributed by atoms with Crippen LogP contribution in [0.5, 0.6) is 11.5 Å². The number of cyclic esters (lactones) is 1. The minimum absolute atomic E-state index is 0.0281. The number of likely N-dealkylation sites (tertiary alicyclic amines) is 1. The molecule has 1 aromatic rings. The number of carbonyl (C=O) groups excluding carboxylic acids is 3. The van der Waals surface area contributed by atoms with Crippen LogP contribution in [0.4, 0.5) is 0 Å². The van der Waals surface area contributed by atoms with Crippen LogP contribution in [0.1, 0.15) is 43.2 Å². The van der Waals surface area contributed by atoms with Crippen molar-refractivity contribution in [3.8, 4) is 11.5 Å². The smallest absolute Gasteiger partial charge is 0.328 e. The third-order valence-corrected chi connectivity index (χ3v) is 9.20. The van der Waals surface area contributed by atoms with E-state index >= 15 is 0 Å². The van der Waals surface area contributed by atoms with Gasteiger partial charge in [0.15, 0.2) is 23.4 Å². The minimum Gasteiger partial charge on any atom is -0.504 e. The predicted molar refractivity (Wildman–Crippen MR) is 116 cm³/mol. The highest BCUT2D eigenvalue weighted by Gasteiger charge is 2.75. The van der Waals surface area contributed by atoms with Gasteiger partial charge in [-0.2, -0.15) is 0 Å². The standard InChI is InChI=1S/C25H28N2O7/c28-16-4-3-13-9-17-25(32)10-14(22(30)26-15-5-8-33-23(15)31)19(29)21-24(25,18(13)20(16)34-21)6-7-27(17)11-12-1-2-12/h3-4,12,14-15,17,21,28,32H,1-2,5-11H2,(H,26,30)/t14?,15-,17+,21-,24-,25+/m0/s1. The number of nitrogens with zero attached hydrogens (tertiary/aromatic N) is 1. The summed E-state index contributed by atoms with van der Waals surface area (Å²) in [6.07, 6.45) is 2.75. The van der Waals surface area contributed by atoms with E-state index in [0.717, 1.165) is 24.2 Å². The van der Waals surface area contributed by atoms with Crippen molar-refractivity contribution in [2.45, 2.75) is 67.7 Å². The number of rotatable bonds is 4. The molecule has 34 heavy (non-hydrogen) atoms. The average molecular weight is 469 g/mol. The van der Waals surface area contributed by atoms with E-state index in [0.29, 0.717) is 25.2 Å². The highest BCUT2D eigenvalue weighted by Crippen LogP contribution is 2.65.